The van der Waals surface area contributed by atoms with Crippen molar-refractivity contribution in [1.29, 1.82) is 0 Å². The van der Waals surface area contributed by atoms with Gasteiger partial charge in [0.2, 0.25) is 0 Å². The predicted molar refractivity (Wildman–Crippen MR) is 102 cm³/mol. The molecule has 0 unspecified atom stereocenters. The summed E-state index contributed by atoms with van der Waals surface area (Å²) in [6.07, 6.45) is 1.14. The van der Waals surface area contributed by atoms with Crippen LogP contribution in [0, 0.1) is 0 Å². The van der Waals surface area contributed by atoms with Gasteiger partial charge in [-0.3, -0.25) is 13.7 Å². The van der Waals surface area contributed by atoms with Crippen LogP contribution in [-0.4, -0.2) is 68.1 Å². The maximum atomic E-state index is 11.0. The van der Waals surface area contributed by atoms with E-state index in [1.807, 2.05) is 12.1 Å². The van der Waals surface area contributed by atoms with Crippen molar-refractivity contribution in [3.63, 3.8) is 0 Å². The van der Waals surface area contributed by atoms with Gasteiger partial charge in [0.15, 0.2) is 23.2 Å². The number of hydrogen-bond donors (Lipinski definition) is 4. The monoisotopic (exact) mass is 437 g/mol. The third kappa shape index (κ3) is 4.23. The fraction of sp³-hybridized carbons (Fsp3) is 0.375. The van der Waals surface area contributed by atoms with Crippen molar-refractivity contribution in [2.24, 2.45) is 5.14 Å². The molecule has 1 aliphatic rings. The number of nitrogens with two attached hydrogens (primary N) is 1. The molecule has 0 amide bonds. The summed E-state index contributed by atoms with van der Waals surface area (Å²) >= 11 is 0. The molecule has 3 aromatic rings. The van der Waals surface area contributed by atoms with Crippen LogP contribution in [0.25, 0.3) is 11.2 Å². The first-order valence-electron chi connectivity index (χ1n) is 8.82. The van der Waals surface area contributed by atoms with Crippen LogP contribution in [0.5, 0.6) is 0 Å². The zero-order valence-electron chi connectivity index (χ0n) is 15.4. The molecule has 3 aromatic heterocycles. The summed E-state index contributed by atoms with van der Waals surface area (Å²) < 4.78 is 33.4. The fourth-order valence-corrected chi connectivity index (χ4v) is 3.44. The molecule has 30 heavy (non-hydrogen) atoms. The van der Waals surface area contributed by atoms with Crippen molar-refractivity contribution in [1.82, 2.24) is 24.5 Å². The number of hydrogen-bond acceptors (Lipinski definition) is 11. The molecule has 14 heteroatoms. The van der Waals surface area contributed by atoms with Crippen molar-refractivity contribution in [3.05, 3.63) is 42.7 Å². The maximum absolute atomic E-state index is 11.0. The van der Waals surface area contributed by atoms with Gasteiger partial charge in [0.05, 0.1) is 12.9 Å². The molecular formula is C16H19N7O6S. The lowest BCUT2D eigenvalue weighted by molar-refractivity contribution is -0.0467. The van der Waals surface area contributed by atoms with Crippen molar-refractivity contribution >= 4 is 27.3 Å². The summed E-state index contributed by atoms with van der Waals surface area (Å²) in [5, 5.41) is 28.5. The highest BCUT2D eigenvalue weighted by atomic mass is 32.2. The minimum atomic E-state index is -4.22. The van der Waals surface area contributed by atoms with Gasteiger partial charge in [0.1, 0.15) is 24.6 Å². The van der Waals surface area contributed by atoms with Crippen LogP contribution in [0.4, 0.5) is 5.82 Å². The van der Waals surface area contributed by atoms with Crippen molar-refractivity contribution in [2.45, 2.75) is 31.1 Å². The molecule has 1 saturated heterocycles. The highest BCUT2D eigenvalue weighted by molar-refractivity contribution is 7.84. The molecule has 4 atom stereocenters. The van der Waals surface area contributed by atoms with Crippen LogP contribution < -0.4 is 10.5 Å². The molecule has 0 aromatic carbocycles. The third-order valence-corrected chi connectivity index (χ3v) is 5.01. The van der Waals surface area contributed by atoms with E-state index in [1.54, 1.807) is 12.4 Å². The van der Waals surface area contributed by atoms with Gasteiger partial charge in [-0.15, -0.1) is 0 Å². The first kappa shape index (κ1) is 20.5. The molecule has 0 bridgehead atoms. The predicted octanol–water partition coefficient (Wildman–Crippen LogP) is -1.33. The van der Waals surface area contributed by atoms with Gasteiger partial charge in [0.25, 0.3) is 0 Å². The number of nitrogens with one attached hydrogen (secondary N) is 1. The van der Waals surface area contributed by atoms with Gasteiger partial charge >= 0.3 is 10.3 Å². The maximum Gasteiger partial charge on any atom is 0.333 e. The van der Waals surface area contributed by atoms with Gasteiger partial charge in [-0.25, -0.2) is 20.1 Å². The Morgan fingerprint density at radius 2 is 2.10 bits per heavy atom. The second kappa shape index (κ2) is 8.17. The first-order valence-corrected chi connectivity index (χ1v) is 10.3. The van der Waals surface area contributed by atoms with E-state index < -0.39 is 41.5 Å². The van der Waals surface area contributed by atoms with Gasteiger partial charge < -0.3 is 20.3 Å². The summed E-state index contributed by atoms with van der Waals surface area (Å²) in [6.45, 7) is -0.0891. The number of aliphatic hydroxyl groups excluding tert-OH is 2. The molecule has 0 saturated carbocycles. The van der Waals surface area contributed by atoms with E-state index in [0.29, 0.717) is 23.5 Å². The molecule has 0 spiro atoms. The summed E-state index contributed by atoms with van der Waals surface area (Å²) in [6, 6.07) is 3.73. The number of imidazole rings is 1. The Balaban J connectivity index is 1.55. The Hall–Kier alpha value is -2.75. The van der Waals surface area contributed by atoms with E-state index in [1.165, 1.54) is 17.2 Å². The molecule has 0 aliphatic carbocycles. The highest BCUT2D eigenvalue weighted by Gasteiger charge is 2.45. The molecule has 4 rings (SSSR count). The summed E-state index contributed by atoms with van der Waals surface area (Å²) in [7, 11) is -4.22. The minimum Gasteiger partial charge on any atom is -0.387 e. The molecule has 1 fully saturated rings. The number of aliphatic hydroxyl groups is 2. The molecular weight excluding hydrogens is 418 g/mol. The normalized spacial score (nSPS) is 24.4. The van der Waals surface area contributed by atoms with Crippen LogP contribution >= 0.6 is 0 Å². The highest BCUT2D eigenvalue weighted by Crippen LogP contribution is 2.32. The number of ether oxygens (including phenoxy) is 1. The number of pyridine rings is 1. The Morgan fingerprint density at radius 3 is 2.83 bits per heavy atom. The van der Waals surface area contributed by atoms with E-state index in [-0.39, 0.29) is 0 Å². The van der Waals surface area contributed by atoms with Crippen LogP contribution in [-0.2, 0) is 25.8 Å². The largest absolute Gasteiger partial charge is 0.387 e. The van der Waals surface area contributed by atoms with Crippen LogP contribution in [0.1, 0.15) is 11.8 Å². The van der Waals surface area contributed by atoms with Crippen molar-refractivity contribution < 1.29 is 27.6 Å². The lowest BCUT2D eigenvalue weighted by Gasteiger charge is -2.16. The zero-order valence-corrected chi connectivity index (χ0v) is 16.3. The smallest absolute Gasteiger partial charge is 0.333 e. The summed E-state index contributed by atoms with van der Waals surface area (Å²) in [5.74, 6) is 0.463. The molecule has 0 radical (unpaired) electrons. The van der Waals surface area contributed by atoms with E-state index >= 15 is 0 Å². The van der Waals surface area contributed by atoms with Crippen LogP contribution in [0.2, 0.25) is 0 Å². The fourth-order valence-electron chi connectivity index (χ4n) is 3.11. The van der Waals surface area contributed by atoms with Gasteiger partial charge in [-0.05, 0) is 11.6 Å². The van der Waals surface area contributed by atoms with Crippen LogP contribution in [0.15, 0.2) is 37.2 Å². The van der Waals surface area contributed by atoms with Gasteiger partial charge in [0, 0.05) is 18.9 Å². The third-order valence-electron chi connectivity index (χ3n) is 4.55. The Kier molecular flexibility index (Phi) is 5.59. The van der Waals surface area contributed by atoms with Crippen molar-refractivity contribution in [2.75, 3.05) is 11.9 Å². The van der Waals surface area contributed by atoms with E-state index in [9.17, 15) is 18.6 Å². The molecule has 4 heterocycles. The van der Waals surface area contributed by atoms with E-state index in [2.05, 4.69) is 29.4 Å². The molecule has 1 aliphatic heterocycles. The van der Waals surface area contributed by atoms with Gasteiger partial charge in [-0.1, -0.05) is 6.07 Å². The number of nitrogens with zero attached hydrogens (tertiary/aromatic N) is 5. The summed E-state index contributed by atoms with van der Waals surface area (Å²) in [4.78, 5) is 16.7. The average molecular weight is 437 g/mol. The van der Waals surface area contributed by atoms with Gasteiger partial charge in [-0.2, -0.15) is 8.42 Å². The Bertz CT molecular complexity index is 1130. The Labute approximate surface area is 170 Å². The number of anilines is 1. The van der Waals surface area contributed by atoms with Crippen molar-refractivity contribution in [3.8, 4) is 0 Å². The van der Waals surface area contributed by atoms with E-state index in [0.717, 1.165) is 5.56 Å². The molecule has 160 valence electrons. The topological polar surface area (TPSA) is 188 Å². The second-order valence-corrected chi connectivity index (χ2v) is 7.81. The Morgan fingerprint density at radius 1 is 1.27 bits per heavy atom. The molecule has 5 N–H and O–H groups in total. The number of rotatable bonds is 7. The first-order chi connectivity index (χ1) is 14.3. The van der Waals surface area contributed by atoms with E-state index in [4.69, 9.17) is 9.88 Å². The SMILES string of the molecule is NS(=O)(=O)OC[C@H]1O[C@@H](n2cnc3c(NCc4cccnc4)ncnc32)[C@H](O)[C@@H]1O. The second-order valence-electron chi connectivity index (χ2n) is 6.58. The van der Waals surface area contributed by atoms with Crippen LogP contribution in [0.3, 0.4) is 0 Å². The lowest BCUT2D eigenvalue weighted by atomic mass is 10.1. The average Bonchev–Trinajstić information content (AvgIpc) is 3.27. The standard InChI is InChI=1S/C16H19N7O6S/c17-30(26,27)28-6-10-12(24)13(25)16(29-10)23-8-22-11-14(20-7-21-15(11)23)19-5-9-2-1-3-18-4-9/h1-4,7-8,10,12-13,16,24-25H,5-6H2,(H2,17,26,27)(H,19,20,21)/t10-,12-,13-,16-/m1/s1. The number of aromatic nitrogens is 5. The summed E-state index contributed by atoms with van der Waals surface area (Å²) in [5.41, 5.74) is 1.72. The quantitative estimate of drug-likeness (QED) is 0.343. The minimum absolute atomic E-state index is 0.350. The zero-order chi connectivity index (χ0) is 21.3. The number of fused-ring (bicyclic) bond motifs is 1. The molecule has 13 nitrogen and oxygen atoms in total. The lowest BCUT2D eigenvalue weighted by Crippen LogP contribution is -2.35.